The summed E-state index contributed by atoms with van der Waals surface area (Å²) < 4.78 is 64.3. The predicted molar refractivity (Wildman–Crippen MR) is 82.7 cm³/mol. The van der Waals surface area contributed by atoms with E-state index >= 15 is 0 Å². The topological polar surface area (TPSA) is 24.1 Å². The van der Waals surface area contributed by atoms with Gasteiger partial charge in [-0.3, -0.25) is 0 Å². The third kappa shape index (κ3) is 4.52. The zero-order valence-corrected chi connectivity index (χ0v) is 12.7. The van der Waals surface area contributed by atoms with E-state index in [0.717, 1.165) is 30.3 Å². The van der Waals surface area contributed by atoms with Gasteiger partial charge in [-0.1, -0.05) is 11.6 Å². The van der Waals surface area contributed by atoms with E-state index in [1.54, 1.807) is 0 Å². The minimum atomic E-state index is -4.54. The van der Waals surface area contributed by atoms with Crippen LogP contribution in [0.15, 0.2) is 36.4 Å². The van der Waals surface area contributed by atoms with Crippen LogP contribution in [0.3, 0.4) is 0 Å². The van der Waals surface area contributed by atoms with Gasteiger partial charge in [0, 0.05) is 6.07 Å². The molecule has 0 aliphatic carbocycles. The molecule has 0 heterocycles. The Labute approximate surface area is 138 Å². The summed E-state index contributed by atoms with van der Waals surface area (Å²) in [6, 6.07) is 5.41. The highest BCUT2D eigenvalue weighted by Gasteiger charge is 2.31. The van der Waals surface area contributed by atoms with Gasteiger partial charge >= 0.3 is 6.18 Å². The van der Waals surface area contributed by atoms with Crippen molar-refractivity contribution in [1.29, 1.82) is 0 Å². The van der Waals surface area contributed by atoms with Crippen molar-refractivity contribution in [3.8, 4) is 0 Å². The molecule has 0 radical (unpaired) electrons. The monoisotopic (exact) mass is 366 g/mol. The molecule has 0 unspecified atom stereocenters. The van der Waals surface area contributed by atoms with Crippen molar-refractivity contribution < 1.29 is 22.0 Å². The summed E-state index contributed by atoms with van der Waals surface area (Å²) >= 11 is 10.7. The molecule has 0 saturated carbocycles. The fraction of sp³-hybridized carbons (Fsp3) is 0.0714. The maximum absolute atomic E-state index is 13.5. The van der Waals surface area contributed by atoms with Crippen molar-refractivity contribution in [1.82, 2.24) is 0 Å². The lowest BCUT2D eigenvalue weighted by Crippen LogP contribution is -2.20. The smallest absolute Gasteiger partial charge is 0.331 e. The van der Waals surface area contributed by atoms with E-state index < -0.39 is 23.4 Å². The van der Waals surface area contributed by atoms with Crippen molar-refractivity contribution in [2.75, 3.05) is 10.6 Å². The van der Waals surface area contributed by atoms with Crippen LogP contribution in [0, 0.1) is 11.6 Å². The lowest BCUT2D eigenvalue weighted by atomic mass is 10.2. The molecule has 0 saturated heterocycles. The molecule has 2 rings (SSSR count). The van der Waals surface area contributed by atoms with Gasteiger partial charge in [0.05, 0.1) is 22.0 Å². The molecule has 0 spiro atoms. The molecule has 0 atom stereocenters. The molecule has 0 aliphatic rings. The molecule has 23 heavy (non-hydrogen) atoms. The Bertz CT molecular complexity index is 748. The maximum atomic E-state index is 13.5. The number of halogens is 6. The number of benzene rings is 2. The van der Waals surface area contributed by atoms with Crippen LogP contribution < -0.4 is 10.6 Å². The Hall–Kier alpha value is -1.93. The summed E-state index contributed by atoms with van der Waals surface area (Å²) in [7, 11) is 0. The van der Waals surface area contributed by atoms with E-state index in [2.05, 4.69) is 10.6 Å². The van der Waals surface area contributed by atoms with Crippen LogP contribution in [0.4, 0.5) is 33.3 Å². The standard InChI is InChI=1S/C14H8ClF5N2S/c15-9-3-1-7(14(18,19)20)5-12(9)22-13(23)21-11-4-2-8(16)6-10(11)17/h1-6H,(H2,21,22,23). The van der Waals surface area contributed by atoms with Crippen LogP contribution in [0.5, 0.6) is 0 Å². The SMILES string of the molecule is Fc1ccc(NC(=S)Nc2cc(C(F)(F)F)ccc2Cl)c(F)c1. The summed E-state index contributed by atoms with van der Waals surface area (Å²) in [5.41, 5.74) is -1.14. The summed E-state index contributed by atoms with van der Waals surface area (Å²) in [6.07, 6.45) is -4.54. The van der Waals surface area contributed by atoms with Crippen LogP contribution in [0.25, 0.3) is 0 Å². The third-order valence-electron chi connectivity index (χ3n) is 2.72. The van der Waals surface area contributed by atoms with Gasteiger partial charge in [0.15, 0.2) is 5.11 Å². The fourth-order valence-electron chi connectivity index (χ4n) is 1.66. The molecule has 2 N–H and O–H groups in total. The van der Waals surface area contributed by atoms with Gasteiger partial charge in [-0.2, -0.15) is 13.2 Å². The first-order chi connectivity index (χ1) is 10.7. The minimum Gasteiger partial charge on any atom is -0.331 e. The lowest BCUT2D eigenvalue weighted by molar-refractivity contribution is -0.137. The van der Waals surface area contributed by atoms with Gasteiger partial charge in [-0.25, -0.2) is 8.78 Å². The Kier molecular flexibility index (Phi) is 5.06. The molecule has 0 bridgehead atoms. The third-order valence-corrected chi connectivity index (χ3v) is 3.25. The summed E-state index contributed by atoms with van der Waals surface area (Å²) in [5.74, 6) is -1.67. The normalized spacial score (nSPS) is 11.2. The molecule has 122 valence electrons. The van der Waals surface area contributed by atoms with Gasteiger partial charge in [0.25, 0.3) is 0 Å². The van der Waals surface area contributed by atoms with Gasteiger partial charge < -0.3 is 10.6 Å². The summed E-state index contributed by atoms with van der Waals surface area (Å²) in [4.78, 5) is 0. The number of alkyl halides is 3. The van der Waals surface area contributed by atoms with Crippen molar-refractivity contribution in [2.45, 2.75) is 6.18 Å². The zero-order valence-electron chi connectivity index (χ0n) is 11.1. The molecule has 9 heteroatoms. The highest BCUT2D eigenvalue weighted by Crippen LogP contribution is 2.33. The molecular weight excluding hydrogens is 359 g/mol. The van der Waals surface area contributed by atoms with E-state index in [0.29, 0.717) is 6.07 Å². The first kappa shape index (κ1) is 17.4. The Morgan fingerprint density at radius 2 is 1.61 bits per heavy atom. The van der Waals surface area contributed by atoms with Crippen LogP contribution in [0.1, 0.15) is 5.56 Å². The fourth-order valence-corrected chi connectivity index (χ4v) is 2.05. The number of rotatable bonds is 2. The van der Waals surface area contributed by atoms with E-state index in [4.69, 9.17) is 23.8 Å². The summed E-state index contributed by atoms with van der Waals surface area (Å²) in [6.45, 7) is 0. The summed E-state index contributed by atoms with van der Waals surface area (Å²) in [5, 5.41) is 4.66. The van der Waals surface area contributed by atoms with Crippen LogP contribution in [0.2, 0.25) is 5.02 Å². The quantitative estimate of drug-likeness (QED) is 0.546. The molecule has 0 aromatic heterocycles. The average Bonchev–Trinajstić information content (AvgIpc) is 2.43. The molecule has 0 fully saturated rings. The van der Waals surface area contributed by atoms with Crippen LogP contribution in [-0.2, 0) is 6.18 Å². The van der Waals surface area contributed by atoms with Crippen molar-refractivity contribution >= 4 is 40.3 Å². The minimum absolute atomic E-state index is 0.00160. The number of thiocarbonyl (C=S) groups is 1. The molecule has 0 amide bonds. The largest absolute Gasteiger partial charge is 0.416 e. The van der Waals surface area contributed by atoms with Crippen molar-refractivity contribution in [3.05, 3.63) is 58.6 Å². The van der Waals surface area contributed by atoms with Crippen LogP contribution in [-0.4, -0.2) is 5.11 Å². The van der Waals surface area contributed by atoms with Gasteiger partial charge in [-0.15, -0.1) is 0 Å². The second kappa shape index (κ2) is 6.67. The average molecular weight is 367 g/mol. The number of hydrogen-bond donors (Lipinski definition) is 2. The zero-order chi connectivity index (χ0) is 17.2. The first-order valence-corrected chi connectivity index (χ1v) is 6.85. The number of nitrogens with one attached hydrogen (secondary N) is 2. The van der Waals surface area contributed by atoms with E-state index in [1.807, 2.05) is 0 Å². The molecule has 0 aliphatic heterocycles. The Morgan fingerprint density at radius 3 is 2.22 bits per heavy atom. The van der Waals surface area contributed by atoms with E-state index in [-0.39, 0.29) is 21.5 Å². The maximum Gasteiger partial charge on any atom is 0.416 e. The van der Waals surface area contributed by atoms with Crippen LogP contribution >= 0.6 is 23.8 Å². The second-order valence-electron chi connectivity index (χ2n) is 4.40. The van der Waals surface area contributed by atoms with Crippen molar-refractivity contribution in [2.24, 2.45) is 0 Å². The Morgan fingerprint density at radius 1 is 0.957 bits per heavy atom. The molecule has 2 aromatic rings. The molecule has 2 aromatic carbocycles. The highest BCUT2D eigenvalue weighted by molar-refractivity contribution is 7.80. The molecule has 2 nitrogen and oxygen atoms in total. The lowest BCUT2D eigenvalue weighted by Gasteiger charge is -2.14. The van der Waals surface area contributed by atoms with Gasteiger partial charge in [0.1, 0.15) is 11.6 Å². The Balaban J connectivity index is 2.17. The van der Waals surface area contributed by atoms with E-state index in [9.17, 15) is 22.0 Å². The van der Waals surface area contributed by atoms with Gasteiger partial charge in [0.2, 0.25) is 0 Å². The number of hydrogen-bond acceptors (Lipinski definition) is 1. The highest BCUT2D eigenvalue weighted by atomic mass is 35.5. The predicted octanol–water partition coefficient (Wildman–Crippen LogP) is 5.45. The van der Waals surface area contributed by atoms with E-state index in [1.165, 1.54) is 0 Å². The number of anilines is 2. The van der Waals surface area contributed by atoms with Gasteiger partial charge in [-0.05, 0) is 42.5 Å². The first-order valence-electron chi connectivity index (χ1n) is 6.06. The molecular formula is C14H8ClF5N2S. The second-order valence-corrected chi connectivity index (χ2v) is 5.21. The van der Waals surface area contributed by atoms with Crippen molar-refractivity contribution in [3.63, 3.8) is 0 Å².